The molecular formula is C14H15BrN2O2S. The molecule has 0 atom stereocenters. The number of ether oxygens (including phenoxy) is 1. The third-order valence-corrected chi connectivity index (χ3v) is 3.64. The summed E-state index contributed by atoms with van der Waals surface area (Å²) in [5.41, 5.74) is 0.490. The Morgan fingerprint density at radius 1 is 1.30 bits per heavy atom. The zero-order chi connectivity index (χ0) is 14.8. The number of hydrogen-bond donors (Lipinski definition) is 1. The van der Waals surface area contributed by atoms with Gasteiger partial charge in [-0.15, -0.1) is 11.3 Å². The van der Waals surface area contributed by atoms with Crippen molar-refractivity contribution in [3.8, 4) is 10.6 Å². The average molecular weight is 355 g/mol. The van der Waals surface area contributed by atoms with E-state index in [2.05, 4.69) is 26.2 Å². The van der Waals surface area contributed by atoms with E-state index in [4.69, 9.17) is 4.74 Å². The summed E-state index contributed by atoms with van der Waals surface area (Å²) in [5, 5.41) is 5.27. The summed E-state index contributed by atoms with van der Waals surface area (Å²) >= 11 is 4.87. The van der Waals surface area contributed by atoms with E-state index in [1.807, 2.05) is 45.0 Å². The van der Waals surface area contributed by atoms with Gasteiger partial charge in [-0.05, 0) is 32.9 Å². The third kappa shape index (κ3) is 4.31. The molecule has 1 heterocycles. The first-order valence-corrected chi connectivity index (χ1v) is 7.72. The van der Waals surface area contributed by atoms with Crippen molar-refractivity contribution >= 4 is 39.2 Å². The molecule has 6 heteroatoms. The summed E-state index contributed by atoms with van der Waals surface area (Å²) in [5.74, 6) is 0.502. The molecule has 1 amide bonds. The maximum absolute atomic E-state index is 11.6. The van der Waals surface area contributed by atoms with Crippen molar-refractivity contribution in [3.05, 3.63) is 34.1 Å². The van der Waals surface area contributed by atoms with Crippen molar-refractivity contribution < 1.29 is 9.53 Å². The number of benzene rings is 1. The van der Waals surface area contributed by atoms with E-state index in [1.54, 1.807) is 5.38 Å². The summed E-state index contributed by atoms with van der Waals surface area (Å²) in [6.07, 6.45) is -0.495. The molecule has 0 radical (unpaired) electrons. The van der Waals surface area contributed by atoms with E-state index in [1.165, 1.54) is 11.3 Å². The third-order valence-electron chi connectivity index (χ3n) is 2.22. The van der Waals surface area contributed by atoms with Gasteiger partial charge in [-0.25, -0.2) is 9.78 Å². The Balaban J connectivity index is 2.06. The van der Waals surface area contributed by atoms with Crippen molar-refractivity contribution in [1.29, 1.82) is 0 Å². The van der Waals surface area contributed by atoms with E-state index < -0.39 is 11.7 Å². The number of carbonyl (C=O) groups excluding carboxylic acids is 1. The van der Waals surface area contributed by atoms with Crippen LogP contribution in [0.15, 0.2) is 34.1 Å². The molecule has 0 aliphatic rings. The second-order valence-corrected chi connectivity index (χ2v) is 6.95. The minimum atomic E-state index is -0.519. The molecule has 0 saturated carbocycles. The maximum Gasteiger partial charge on any atom is 0.413 e. The average Bonchev–Trinajstić information content (AvgIpc) is 2.75. The predicted molar refractivity (Wildman–Crippen MR) is 85.1 cm³/mol. The van der Waals surface area contributed by atoms with E-state index in [9.17, 15) is 4.79 Å². The van der Waals surface area contributed by atoms with Crippen LogP contribution in [0.5, 0.6) is 0 Å². The molecule has 1 aromatic carbocycles. The van der Waals surface area contributed by atoms with Crippen LogP contribution >= 0.6 is 27.3 Å². The highest BCUT2D eigenvalue weighted by atomic mass is 79.9. The van der Waals surface area contributed by atoms with Gasteiger partial charge in [-0.3, -0.25) is 5.32 Å². The van der Waals surface area contributed by atoms with Gasteiger partial charge in [-0.1, -0.05) is 28.1 Å². The number of rotatable bonds is 2. The van der Waals surface area contributed by atoms with Crippen molar-refractivity contribution in [1.82, 2.24) is 4.98 Å². The Morgan fingerprint density at radius 2 is 1.95 bits per heavy atom. The summed E-state index contributed by atoms with van der Waals surface area (Å²) in [6, 6.07) is 7.86. The van der Waals surface area contributed by atoms with E-state index in [-0.39, 0.29) is 0 Å². The Morgan fingerprint density at radius 3 is 2.55 bits per heavy atom. The normalized spacial score (nSPS) is 11.2. The molecule has 0 bridgehead atoms. The van der Waals surface area contributed by atoms with Crippen LogP contribution in [0.1, 0.15) is 20.8 Å². The quantitative estimate of drug-likeness (QED) is 0.832. The lowest BCUT2D eigenvalue weighted by Crippen LogP contribution is -2.27. The predicted octanol–water partition coefficient (Wildman–Crippen LogP) is 4.92. The van der Waals surface area contributed by atoms with Gasteiger partial charge < -0.3 is 4.74 Å². The van der Waals surface area contributed by atoms with Gasteiger partial charge in [0.15, 0.2) is 0 Å². The number of aromatic nitrogens is 1. The fraction of sp³-hybridized carbons (Fsp3) is 0.286. The number of nitrogens with one attached hydrogen (secondary N) is 1. The molecule has 2 rings (SSSR count). The Hall–Kier alpha value is -1.40. The van der Waals surface area contributed by atoms with Gasteiger partial charge in [0.05, 0.1) is 0 Å². The highest BCUT2D eigenvalue weighted by Crippen LogP contribution is 2.27. The fourth-order valence-corrected chi connectivity index (χ4v) is 2.49. The van der Waals surface area contributed by atoms with Crippen LogP contribution in [-0.4, -0.2) is 16.7 Å². The first kappa shape index (κ1) is 15.0. The zero-order valence-electron chi connectivity index (χ0n) is 11.4. The number of anilines is 1. The first-order valence-electron chi connectivity index (χ1n) is 6.05. The van der Waals surface area contributed by atoms with Crippen molar-refractivity contribution in [2.24, 2.45) is 0 Å². The van der Waals surface area contributed by atoms with E-state index >= 15 is 0 Å². The maximum atomic E-state index is 11.6. The molecule has 0 aliphatic carbocycles. The lowest BCUT2D eigenvalue weighted by molar-refractivity contribution is 0.0635. The Bertz CT molecular complexity index is 602. The SMILES string of the molecule is CC(C)(C)OC(=O)Nc1csc(-c2ccc(Br)cc2)n1. The summed E-state index contributed by atoms with van der Waals surface area (Å²) in [6.45, 7) is 5.46. The van der Waals surface area contributed by atoms with Crippen LogP contribution < -0.4 is 5.32 Å². The number of hydrogen-bond acceptors (Lipinski definition) is 4. The molecular weight excluding hydrogens is 340 g/mol. The van der Waals surface area contributed by atoms with Crippen LogP contribution in [0, 0.1) is 0 Å². The minimum absolute atomic E-state index is 0.495. The molecule has 0 aliphatic heterocycles. The van der Waals surface area contributed by atoms with Gasteiger partial charge in [0, 0.05) is 15.4 Å². The molecule has 106 valence electrons. The summed E-state index contributed by atoms with van der Waals surface area (Å²) in [7, 11) is 0. The second-order valence-electron chi connectivity index (χ2n) is 5.17. The van der Waals surface area contributed by atoms with Gasteiger partial charge in [-0.2, -0.15) is 0 Å². The summed E-state index contributed by atoms with van der Waals surface area (Å²) < 4.78 is 6.20. The van der Waals surface area contributed by atoms with Crippen LogP contribution in [0.2, 0.25) is 0 Å². The van der Waals surface area contributed by atoms with Crippen molar-refractivity contribution in [3.63, 3.8) is 0 Å². The summed E-state index contributed by atoms with van der Waals surface area (Å²) in [4.78, 5) is 16.0. The van der Waals surface area contributed by atoms with Crippen LogP contribution in [0.25, 0.3) is 10.6 Å². The van der Waals surface area contributed by atoms with Crippen molar-refractivity contribution in [2.75, 3.05) is 5.32 Å². The first-order chi connectivity index (χ1) is 9.33. The molecule has 1 N–H and O–H groups in total. The Kier molecular flexibility index (Phi) is 4.45. The molecule has 1 aromatic heterocycles. The smallest absolute Gasteiger partial charge is 0.413 e. The van der Waals surface area contributed by atoms with Gasteiger partial charge in [0.2, 0.25) is 0 Å². The van der Waals surface area contributed by atoms with Crippen LogP contribution in [-0.2, 0) is 4.74 Å². The highest BCUT2D eigenvalue weighted by Gasteiger charge is 2.17. The van der Waals surface area contributed by atoms with Gasteiger partial charge >= 0.3 is 6.09 Å². The fourth-order valence-electron chi connectivity index (χ4n) is 1.46. The monoisotopic (exact) mass is 354 g/mol. The molecule has 0 spiro atoms. The molecule has 20 heavy (non-hydrogen) atoms. The standard InChI is InChI=1S/C14H15BrN2O2S/c1-14(2,3)19-13(18)17-11-8-20-12(16-11)9-4-6-10(15)7-5-9/h4-8H,1-3H3,(H,17,18). The van der Waals surface area contributed by atoms with E-state index in [0.29, 0.717) is 5.82 Å². The molecule has 4 nitrogen and oxygen atoms in total. The number of thiazole rings is 1. The topological polar surface area (TPSA) is 51.2 Å². The number of nitrogens with zero attached hydrogens (tertiary/aromatic N) is 1. The van der Waals surface area contributed by atoms with E-state index in [0.717, 1.165) is 15.0 Å². The largest absolute Gasteiger partial charge is 0.444 e. The van der Waals surface area contributed by atoms with Gasteiger partial charge in [0.1, 0.15) is 16.4 Å². The molecule has 0 fully saturated rings. The number of amides is 1. The molecule has 2 aromatic rings. The number of carbonyl (C=O) groups is 1. The lowest BCUT2D eigenvalue weighted by Gasteiger charge is -2.19. The van der Waals surface area contributed by atoms with Crippen LogP contribution in [0.4, 0.5) is 10.6 Å². The number of halogens is 1. The zero-order valence-corrected chi connectivity index (χ0v) is 13.8. The molecule has 0 saturated heterocycles. The molecule has 0 unspecified atom stereocenters. The van der Waals surface area contributed by atoms with Crippen LogP contribution in [0.3, 0.4) is 0 Å². The minimum Gasteiger partial charge on any atom is -0.444 e. The Labute approximate surface area is 130 Å². The highest BCUT2D eigenvalue weighted by molar-refractivity contribution is 9.10. The van der Waals surface area contributed by atoms with Gasteiger partial charge in [0.25, 0.3) is 0 Å². The lowest BCUT2D eigenvalue weighted by atomic mass is 10.2. The second kappa shape index (κ2) is 5.93. The van der Waals surface area contributed by atoms with Crippen molar-refractivity contribution in [2.45, 2.75) is 26.4 Å².